The molecule has 0 saturated carbocycles. The van der Waals surface area contributed by atoms with Crippen LogP contribution in [0.1, 0.15) is 50.2 Å². The molecule has 1 aliphatic heterocycles. The smallest absolute Gasteiger partial charge is 0.398 e. The number of fused-ring (bicyclic) bond motifs is 1. The highest BCUT2D eigenvalue weighted by Gasteiger charge is 2.36. The lowest BCUT2D eigenvalue weighted by molar-refractivity contribution is -0.187. The zero-order chi connectivity index (χ0) is 21.3. The highest BCUT2D eigenvalue weighted by Crippen LogP contribution is 2.38. The SMILES string of the molecule is CCCC(C)c1ccc(-c2ccc(-c3ccc4c(c3)CCC(F)(F)O4)c(F)c2)cc1. The normalized spacial score (nSPS) is 15.9. The topological polar surface area (TPSA) is 9.23 Å². The molecule has 0 bridgehead atoms. The predicted molar refractivity (Wildman–Crippen MR) is 114 cm³/mol. The van der Waals surface area contributed by atoms with Gasteiger partial charge in [-0.1, -0.05) is 62.7 Å². The van der Waals surface area contributed by atoms with Gasteiger partial charge in [-0.3, -0.25) is 0 Å². The second-order valence-corrected chi connectivity index (χ2v) is 8.07. The average Bonchev–Trinajstić information content (AvgIpc) is 2.73. The van der Waals surface area contributed by atoms with Crippen LogP contribution >= 0.6 is 0 Å². The highest BCUT2D eigenvalue weighted by molar-refractivity contribution is 5.72. The molecule has 3 aromatic carbocycles. The monoisotopic (exact) mass is 410 g/mol. The number of halogens is 3. The summed E-state index contributed by atoms with van der Waals surface area (Å²) in [4.78, 5) is 0. The zero-order valence-electron chi connectivity index (χ0n) is 17.2. The molecular formula is C26H25F3O. The minimum atomic E-state index is -3.13. The standard InChI is InChI=1S/C26H25F3O/c1-3-4-17(2)18-5-7-19(8-6-18)20-9-11-23(24(27)16-20)21-10-12-25-22(15-21)13-14-26(28,29)30-25/h5-12,15-17H,3-4,13-14H2,1-2H3. The molecule has 1 unspecified atom stereocenters. The first-order valence-electron chi connectivity index (χ1n) is 10.5. The van der Waals surface area contributed by atoms with Crippen LogP contribution in [0, 0.1) is 5.82 Å². The van der Waals surface area contributed by atoms with Gasteiger partial charge in [0.25, 0.3) is 0 Å². The van der Waals surface area contributed by atoms with Gasteiger partial charge in [-0.25, -0.2) is 4.39 Å². The Morgan fingerprint density at radius 2 is 1.63 bits per heavy atom. The van der Waals surface area contributed by atoms with Gasteiger partial charge in [-0.2, -0.15) is 8.78 Å². The maximum Gasteiger partial charge on any atom is 0.398 e. The van der Waals surface area contributed by atoms with Crippen molar-refractivity contribution in [3.8, 4) is 28.0 Å². The lowest BCUT2D eigenvalue weighted by Crippen LogP contribution is -2.29. The van der Waals surface area contributed by atoms with Gasteiger partial charge in [0.05, 0.1) is 6.42 Å². The van der Waals surface area contributed by atoms with Crippen LogP contribution in [0.4, 0.5) is 13.2 Å². The molecule has 1 heterocycles. The largest absolute Gasteiger partial charge is 0.432 e. The molecule has 1 atom stereocenters. The van der Waals surface area contributed by atoms with E-state index in [1.807, 2.05) is 18.2 Å². The Hall–Kier alpha value is -2.75. The van der Waals surface area contributed by atoms with Crippen LogP contribution in [0.2, 0.25) is 0 Å². The molecular weight excluding hydrogens is 385 g/mol. The summed E-state index contributed by atoms with van der Waals surface area (Å²) < 4.78 is 46.5. The molecule has 0 saturated heterocycles. The van der Waals surface area contributed by atoms with Gasteiger partial charge in [-0.15, -0.1) is 0 Å². The van der Waals surface area contributed by atoms with Crippen molar-refractivity contribution >= 4 is 0 Å². The van der Waals surface area contributed by atoms with Crippen molar-refractivity contribution in [1.82, 2.24) is 0 Å². The van der Waals surface area contributed by atoms with Crippen LogP contribution in [-0.4, -0.2) is 6.11 Å². The van der Waals surface area contributed by atoms with Gasteiger partial charge in [0.15, 0.2) is 0 Å². The van der Waals surface area contributed by atoms with E-state index in [0.717, 1.165) is 24.0 Å². The first-order chi connectivity index (χ1) is 14.4. The highest BCUT2D eigenvalue weighted by atomic mass is 19.3. The number of rotatable bonds is 5. The number of hydrogen-bond donors (Lipinski definition) is 0. The van der Waals surface area contributed by atoms with Crippen molar-refractivity contribution in [3.63, 3.8) is 0 Å². The van der Waals surface area contributed by atoms with E-state index in [1.54, 1.807) is 18.2 Å². The minimum Gasteiger partial charge on any atom is -0.432 e. The minimum absolute atomic E-state index is 0.171. The third-order valence-electron chi connectivity index (χ3n) is 5.82. The van der Waals surface area contributed by atoms with Crippen molar-refractivity contribution < 1.29 is 17.9 Å². The van der Waals surface area contributed by atoms with Gasteiger partial charge in [0.2, 0.25) is 0 Å². The van der Waals surface area contributed by atoms with Crippen LogP contribution in [0.5, 0.6) is 5.75 Å². The molecule has 1 nitrogen and oxygen atoms in total. The molecule has 4 rings (SSSR count). The first kappa shape index (κ1) is 20.5. The molecule has 0 aliphatic carbocycles. The summed E-state index contributed by atoms with van der Waals surface area (Å²) in [7, 11) is 0. The molecule has 0 N–H and O–H groups in total. The fraction of sp³-hybridized carbons (Fsp3) is 0.308. The second kappa shape index (κ2) is 8.17. The number of ether oxygens (including phenoxy) is 1. The number of benzene rings is 3. The quantitative estimate of drug-likeness (QED) is 0.414. The zero-order valence-corrected chi connectivity index (χ0v) is 17.2. The molecule has 4 heteroatoms. The summed E-state index contributed by atoms with van der Waals surface area (Å²) >= 11 is 0. The van der Waals surface area contributed by atoms with E-state index in [0.29, 0.717) is 22.6 Å². The molecule has 3 aromatic rings. The molecule has 0 fully saturated rings. The van der Waals surface area contributed by atoms with Crippen LogP contribution in [0.15, 0.2) is 60.7 Å². The first-order valence-corrected chi connectivity index (χ1v) is 10.5. The Morgan fingerprint density at radius 1 is 0.933 bits per heavy atom. The van der Waals surface area contributed by atoms with Crippen molar-refractivity contribution in [3.05, 3.63) is 77.6 Å². The molecule has 30 heavy (non-hydrogen) atoms. The fourth-order valence-electron chi connectivity index (χ4n) is 4.07. The van der Waals surface area contributed by atoms with E-state index in [2.05, 4.69) is 26.0 Å². The van der Waals surface area contributed by atoms with E-state index < -0.39 is 6.11 Å². The molecule has 0 radical (unpaired) electrons. The van der Waals surface area contributed by atoms with E-state index in [1.165, 1.54) is 17.7 Å². The van der Waals surface area contributed by atoms with E-state index >= 15 is 0 Å². The van der Waals surface area contributed by atoms with Gasteiger partial charge in [0, 0.05) is 5.56 Å². The second-order valence-electron chi connectivity index (χ2n) is 8.07. The third-order valence-corrected chi connectivity index (χ3v) is 5.82. The predicted octanol–water partition coefficient (Wildman–Crippen LogP) is 7.98. The number of aryl methyl sites for hydroxylation is 1. The summed E-state index contributed by atoms with van der Waals surface area (Å²) in [5, 5.41) is 0. The van der Waals surface area contributed by atoms with Crippen molar-refractivity contribution in [2.45, 2.75) is 51.6 Å². The fourth-order valence-corrected chi connectivity index (χ4v) is 4.07. The number of alkyl halides is 2. The molecule has 0 aromatic heterocycles. The average molecular weight is 410 g/mol. The summed E-state index contributed by atoms with van der Waals surface area (Å²) in [6.45, 7) is 4.40. The van der Waals surface area contributed by atoms with E-state index in [9.17, 15) is 13.2 Å². The Labute approximate surface area is 175 Å². The van der Waals surface area contributed by atoms with Gasteiger partial charge < -0.3 is 4.74 Å². The van der Waals surface area contributed by atoms with Crippen molar-refractivity contribution in [1.29, 1.82) is 0 Å². The van der Waals surface area contributed by atoms with Gasteiger partial charge >= 0.3 is 6.11 Å². The van der Waals surface area contributed by atoms with Crippen LogP contribution in [0.3, 0.4) is 0 Å². The maximum atomic E-state index is 14.9. The van der Waals surface area contributed by atoms with Crippen molar-refractivity contribution in [2.75, 3.05) is 0 Å². The summed E-state index contributed by atoms with van der Waals surface area (Å²) in [6.07, 6.45) is -0.999. The molecule has 156 valence electrons. The third kappa shape index (κ3) is 4.23. The molecule has 0 spiro atoms. The Morgan fingerprint density at radius 3 is 2.33 bits per heavy atom. The van der Waals surface area contributed by atoms with E-state index in [-0.39, 0.29) is 24.4 Å². The Kier molecular flexibility index (Phi) is 5.59. The molecule has 0 amide bonds. The Bertz CT molecular complexity index is 1040. The summed E-state index contributed by atoms with van der Waals surface area (Å²) in [6, 6.07) is 18.3. The van der Waals surface area contributed by atoms with Crippen LogP contribution < -0.4 is 4.74 Å². The lowest BCUT2D eigenvalue weighted by Gasteiger charge is -2.25. The van der Waals surface area contributed by atoms with Crippen molar-refractivity contribution in [2.24, 2.45) is 0 Å². The van der Waals surface area contributed by atoms with E-state index in [4.69, 9.17) is 4.74 Å². The van der Waals surface area contributed by atoms with Crippen LogP contribution in [0.25, 0.3) is 22.3 Å². The summed E-state index contributed by atoms with van der Waals surface area (Å²) in [5.74, 6) is 0.346. The lowest BCUT2D eigenvalue weighted by atomic mass is 9.93. The van der Waals surface area contributed by atoms with Gasteiger partial charge in [0.1, 0.15) is 11.6 Å². The van der Waals surface area contributed by atoms with Crippen LogP contribution in [-0.2, 0) is 6.42 Å². The molecule has 1 aliphatic rings. The summed E-state index contributed by atoms with van der Waals surface area (Å²) in [5.41, 5.74) is 4.86. The Balaban J connectivity index is 1.58. The van der Waals surface area contributed by atoms with Gasteiger partial charge in [-0.05, 0) is 64.8 Å². The number of hydrogen-bond acceptors (Lipinski definition) is 1. The maximum absolute atomic E-state index is 14.9.